The fourth-order valence-corrected chi connectivity index (χ4v) is 2.82. The number of aromatic nitrogens is 1. The molecule has 0 saturated heterocycles. The lowest BCUT2D eigenvalue weighted by atomic mass is 10.4. The van der Waals surface area contributed by atoms with Crippen molar-refractivity contribution in [2.24, 2.45) is 0 Å². The van der Waals surface area contributed by atoms with E-state index in [1.807, 2.05) is 14.1 Å². The van der Waals surface area contributed by atoms with Crippen molar-refractivity contribution in [2.45, 2.75) is 4.21 Å². The summed E-state index contributed by atoms with van der Waals surface area (Å²) in [5.74, 6) is 2.61. The Labute approximate surface area is 114 Å². The lowest BCUT2D eigenvalue weighted by Gasteiger charge is -2.11. The number of rotatable bonds is 3. The minimum Gasteiger partial charge on any atom is -0.463 e. The van der Waals surface area contributed by atoms with Gasteiger partial charge in [0.05, 0.1) is 0 Å². The first-order valence-corrected chi connectivity index (χ1v) is 6.45. The molecule has 0 aromatic carbocycles. The SMILES string of the molecule is C#CCOc1nsc(SC(=S)N(C)C)c1C#N. The molecule has 0 spiro atoms. The van der Waals surface area contributed by atoms with Crippen LogP contribution < -0.4 is 4.74 Å². The zero-order valence-electron chi connectivity index (χ0n) is 9.26. The van der Waals surface area contributed by atoms with Crippen LogP contribution in [0.15, 0.2) is 4.21 Å². The largest absolute Gasteiger partial charge is 0.463 e. The molecule has 0 fully saturated rings. The van der Waals surface area contributed by atoms with E-state index >= 15 is 0 Å². The van der Waals surface area contributed by atoms with Gasteiger partial charge in [-0.25, -0.2) is 0 Å². The van der Waals surface area contributed by atoms with Crippen LogP contribution in [-0.2, 0) is 0 Å². The lowest BCUT2D eigenvalue weighted by Crippen LogP contribution is -2.15. The predicted molar refractivity (Wildman–Crippen MR) is 73.3 cm³/mol. The average molecular weight is 283 g/mol. The molecular weight excluding hydrogens is 274 g/mol. The van der Waals surface area contributed by atoms with Crippen molar-refractivity contribution in [3.8, 4) is 24.3 Å². The molecule has 0 N–H and O–H groups in total. The second kappa shape index (κ2) is 6.45. The van der Waals surface area contributed by atoms with Gasteiger partial charge in [-0.1, -0.05) is 18.1 Å². The van der Waals surface area contributed by atoms with Gasteiger partial charge < -0.3 is 9.64 Å². The monoisotopic (exact) mass is 283 g/mol. The molecule has 0 aliphatic rings. The van der Waals surface area contributed by atoms with E-state index in [1.165, 1.54) is 23.3 Å². The van der Waals surface area contributed by atoms with Crippen LogP contribution in [0.3, 0.4) is 0 Å². The highest BCUT2D eigenvalue weighted by Crippen LogP contribution is 2.34. The molecule has 7 heteroatoms. The average Bonchev–Trinajstić information content (AvgIpc) is 2.68. The van der Waals surface area contributed by atoms with E-state index in [9.17, 15) is 0 Å². The molecule has 0 bridgehead atoms. The highest BCUT2D eigenvalue weighted by Gasteiger charge is 2.17. The van der Waals surface area contributed by atoms with E-state index in [-0.39, 0.29) is 12.5 Å². The van der Waals surface area contributed by atoms with Crippen LogP contribution in [0.1, 0.15) is 5.56 Å². The Kier molecular flexibility index (Phi) is 5.23. The maximum Gasteiger partial charge on any atom is 0.245 e. The first-order valence-electron chi connectivity index (χ1n) is 4.45. The summed E-state index contributed by atoms with van der Waals surface area (Å²) in [6.45, 7) is 0.0979. The van der Waals surface area contributed by atoms with Gasteiger partial charge in [0.1, 0.15) is 20.2 Å². The zero-order valence-corrected chi connectivity index (χ0v) is 11.7. The molecule has 88 valence electrons. The van der Waals surface area contributed by atoms with Crippen LogP contribution in [-0.4, -0.2) is 34.3 Å². The lowest BCUT2D eigenvalue weighted by molar-refractivity contribution is 0.358. The summed E-state index contributed by atoms with van der Waals surface area (Å²) in [5, 5.41) is 9.05. The predicted octanol–water partition coefficient (Wildman–Crippen LogP) is 1.97. The first kappa shape index (κ1) is 13.8. The molecule has 1 aromatic rings. The number of thiocarbonyl (C=S) groups is 1. The Bertz CT molecular complexity index is 496. The standard InChI is InChI=1S/C10H9N3OS3/c1-4-5-14-8-7(6-11)9(17-12-8)16-10(15)13(2)3/h1H,5H2,2-3H3. The Hall–Kier alpha value is -1.28. The van der Waals surface area contributed by atoms with E-state index in [4.69, 9.17) is 28.6 Å². The van der Waals surface area contributed by atoms with Crippen molar-refractivity contribution in [1.82, 2.24) is 9.27 Å². The normalized spacial score (nSPS) is 9.18. The van der Waals surface area contributed by atoms with Gasteiger partial charge >= 0.3 is 0 Å². The molecule has 0 atom stereocenters. The fraction of sp³-hybridized carbons (Fsp3) is 0.300. The molecule has 1 aromatic heterocycles. The second-order valence-electron chi connectivity index (χ2n) is 3.02. The van der Waals surface area contributed by atoms with Crippen LogP contribution in [0.2, 0.25) is 0 Å². The van der Waals surface area contributed by atoms with E-state index in [0.717, 1.165) is 4.21 Å². The van der Waals surface area contributed by atoms with Gasteiger partial charge in [0.25, 0.3) is 0 Å². The number of thioether (sulfide) groups is 1. The van der Waals surface area contributed by atoms with Gasteiger partial charge in [0, 0.05) is 14.1 Å². The van der Waals surface area contributed by atoms with Crippen LogP contribution in [0.25, 0.3) is 0 Å². The van der Waals surface area contributed by atoms with Crippen molar-refractivity contribution in [3.63, 3.8) is 0 Å². The molecular formula is C10H9N3OS3. The second-order valence-corrected chi connectivity index (χ2v) is 5.69. The van der Waals surface area contributed by atoms with Crippen molar-refractivity contribution in [2.75, 3.05) is 20.7 Å². The zero-order chi connectivity index (χ0) is 12.8. The van der Waals surface area contributed by atoms with Crippen LogP contribution in [0.5, 0.6) is 5.88 Å². The van der Waals surface area contributed by atoms with E-state index in [1.54, 1.807) is 4.90 Å². The number of nitriles is 1. The summed E-state index contributed by atoms with van der Waals surface area (Å²) in [7, 11) is 3.69. The number of terminal acetylenes is 1. The van der Waals surface area contributed by atoms with Crippen LogP contribution >= 0.6 is 35.5 Å². The van der Waals surface area contributed by atoms with E-state index < -0.39 is 0 Å². The molecule has 0 amide bonds. The summed E-state index contributed by atoms with van der Waals surface area (Å²) < 4.78 is 10.6. The molecule has 0 unspecified atom stereocenters. The van der Waals surface area contributed by atoms with Gasteiger partial charge in [0.2, 0.25) is 5.88 Å². The third-order valence-corrected chi connectivity index (χ3v) is 4.22. The van der Waals surface area contributed by atoms with E-state index in [0.29, 0.717) is 9.88 Å². The fourth-order valence-electron chi connectivity index (χ4n) is 0.804. The molecule has 17 heavy (non-hydrogen) atoms. The molecule has 0 saturated carbocycles. The third kappa shape index (κ3) is 3.60. The van der Waals surface area contributed by atoms with Crippen molar-refractivity contribution >= 4 is 39.8 Å². The molecule has 0 aliphatic carbocycles. The number of hydrogen-bond acceptors (Lipinski definition) is 6. The highest BCUT2D eigenvalue weighted by molar-refractivity contribution is 8.23. The van der Waals surface area contributed by atoms with Crippen LogP contribution in [0, 0.1) is 23.7 Å². The van der Waals surface area contributed by atoms with Gasteiger partial charge in [-0.05, 0) is 23.3 Å². The molecule has 1 rings (SSSR count). The topological polar surface area (TPSA) is 49.1 Å². The van der Waals surface area contributed by atoms with E-state index in [2.05, 4.69) is 16.4 Å². The van der Waals surface area contributed by atoms with Gasteiger partial charge in [-0.2, -0.15) is 9.64 Å². The maximum absolute atomic E-state index is 9.05. The van der Waals surface area contributed by atoms with Crippen molar-refractivity contribution in [3.05, 3.63) is 5.56 Å². The first-order chi connectivity index (χ1) is 8.10. The number of hydrogen-bond donors (Lipinski definition) is 0. The minimum absolute atomic E-state index is 0.0979. The Balaban J connectivity index is 2.88. The third-order valence-electron chi connectivity index (χ3n) is 1.58. The number of nitrogens with zero attached hydrogens (tertiary/aromatic N) is 3. The molecule has 4 nitrogen and oxygen atoms in total. The maximum atomic E-state index is 9.05. The summed E-state index contributed by atoms with van der Waals surface area (Å²) >= 11 is 7.65. The van der Waals surface area contributed by atoms with Gasteiger partial charge in [-0.3, -0.25) is 0 Å². The van der Waals surface area contributed by atoms with Crippen LogP contribution in [0.4, 0.5) is 0 Å². The smallest absolute Gasteiger partial charge is 0.245 e. The molecule has 0 radical (unpaired) electrons. The van der Waals surface area contributed by atoms with Crippen molar-refractivity contribution in [1.29, 1.82) is 5.26 Å². The highest BCUT2D eigenvalue weighted by atomic mass is 32.2. The molecule has 1 heterocycles. The minimum atomic E-state index is 0.0979. The van der Waals surface area contributed by atoms with Crippen molar-refractivity contribution < 1.29 is 4.74 Å². The summed E-state index contributed by atoms with van der Waals surface area (Å²) in [4.78, 5) is 1.79. The molecule has 0 aliphatic heterocycles. The summed E-state index contributed by atoms with van der Waals surface area (Å²) in [5.41, 5.74) is 0.388. The summed E-state index contributed by atoms with van der Waals surface area (Å²) in [6.07, 6.45) is 5.08. The Morgan fingerprint density at radius 3 is 2.94 bits per heavy atom. The Morgan fingerprint density at radius 1 is 1.71 bits per heavy atom. The Morgan fingerprint density at radius 2 is 2.41 bits per heavy atom. The van der Waals surface area contributed by atoms with Gasteiger partial charge in [-0.15, -0.1) is 6.42 Å². The number of ether oxygens (including phenoxy) is 1. The summed E-state index contributed by atoms with van der Waals surface area (Å²) in [6, 6.07) is 2.05. The quantitative estimate of drug-likeness (QED) is 0.480. The van der Waals surface area contributed by atoms with Gasteiger partial charge in [0.15, 0.2) is 6.61 Å².